The summed E-state index contributed by atoms with van der Waals surface area (Å²) < 4.78 is 8.42. The lowest BCUT2D eigenvalue weighted by molar-refractivity contribution is 0.521. The van der Waals surface area contributed by atoms with Crippen molar-refractivity contribution in [2.45, 2.75) is 32.7 Å². The van der Waals surface area contributed by atoms with Crippen LogP contribution in [-0.4, -0.2) is 15.3 Å². The second kappa shape index (κ2) is 6.98. The van der Waals surface area contributed by atoms with Gasteiger partial charge in [-0.25, -0.2) is 0 Å². The highest BCUT2D eigenvalue weighted by Gasteiger charge is 2.15. The highest BCUT2D eigenvalue weighted by atomic mass is 35.5. The molecule has 2 aromatic rings. The number of aromatic nitrogens is 2. The van der Waals surface area contributed by atoms with Crippen LogP contribution in [0.1, 0.15) is 36.2 Å². The lowest BCUT2D eigenvalue weighted by Crippen LogP contribution is -2.24. The number of nitrogens with one attached hydrogen (secondary N) is 1. The largest absolute Gasteiger partial charge is 0.308 e. The Kier molecular flexibility index (Phi) is 5.31. The Hall–Kier alpha value is -0.970. The van der Waals surface area contributed by atoms with Crippen molar-refractivity contribution >= 4 is 23.3 Å². The lowest BCUT2D eigenvalue weighted by Gasteiger charge is -2.17. The van der Waals surface area contributed by atoms with Crippen LogP contribution < -0.4 is 5.32 Å². The highest BCUT2D eigenvalue weighted by Crippen LogP contribution is 2.24. The average Bonchev–Trinajstić information content (AvgIpc) is 2.90. The average molecular weight is 296 g/mol. The smallest absolute Gasteiger partial charge is 0.0915 e. The maximum atomic E-state index is 6.31. The Morgan fingerprint density at radius 1 is 1.42 bits per heavy atom. The summed E-state index contributed by atoms with van der Waals surface area (Å²) in [4.78, 5) is 0. The Morgan fingerprint density at radius 3 is 2.89 bits per heavy atom. The Morgan fingerprint density at radius 2 is 2.26 bits per heavy atom. The molecule has 1 aromatic heterocycles. The van der Waals surface area contributed by atoms with Crippen LogP contribution in [0.2, 0.25) is 5.02 Å². The van der Waals surface area contributed by atoms with E-state index in [9.17, 15) is 0 Å². The van der Waals surface area contributed by atoms with Crippen LogP contribution in [0.25, 0.3) is 0 Å². The Balaban J connectivity index is 2.15. The third-order valence-corrected chi connectivity index (χ3v) is 3.85. The molecule has 0 radical (unpaired) electrons. The predicted octanol–water partition coefficient (Wildman–Crippen LogP) is 3.78. The second-order valence-electron chi connectivity index (χ2n) is 4.64. The van der Waals surface area contributed by atoms with Gasteiger partial charge in [-0.15, -0.1) is 0 Å². The number of rotatable bonds is 6. The molecule has 0 fully saturated rings. The number of hydrogen-bond donors (Lipinski definition) is 1. The Bertz CT molecular complexity index is 513. The molecule has 0 spiro atoms. The minimum atomic E-state index is 0.180. The van der Waals surface area contributed by atoms with Gasteiger partial charge in [0.1, 0.15) is 0 Å². The monoisotopic (exact) mass is 295 g/mol. The van der Waals surface area contributed by atoms with E-state index in [1.165, 1.54) is 17.3 Å². The van der Waals surface area contributed by atoms with Gasteiger partial charge in [0.15, 0.2) is 0 Å². The van der Waals surface area contributed by atoms with Gasteiger partial charge in [-0.3, -0.25) is 0 Å². The molecule has 5 heteroatoms. The van der Waals surface area contributed by atoms with E-state index in [0.29, 0.717) is 0 Å². The maximum absolute atomic E-state index is 6.31. The molecule has 0 aliphatic carbocycles. The molecule has 0 amide bonds. The summed E-state index contributed by atoms with van der Waals surface area (Å²) in [5.74, 6) is 0. The fourth-order valence-corrected chi connectivity index (χ4v) is 2.75. The van der Waals surface area contributed by atoms with Gasteiger partial charge in [0.25, 0.3) is 0 Å². The van der Waals surface area contributed by atoms with E-state index in [-0.39, 0.29) is 6.04 Å². The van der Waals surface area contributed by atoms with Crippen molar-refractivity contribution in [3.8, 4) is 0 Å². The van der Waals surface area contributed by atoms with Crippen molar-refractivity contribution < 1.29 is 0 Å². The van der Waals surface area contributed by atoms with Crippen LogP contribution in [0.3, 0.4) is 0 Å². The van der Waals surface area contributed by atoms with Gasteiger partial charge >= 0.3 is 0 Å². The molecule has 19 heavy (non-hydrogen) atoms. The Labute approximate surface area is 123 Å². The molecule has 0 bridgehead atoms. The molecule has 2 rings (SSSR count). The van der Waals surface area contributed by atoms with Gasteiger partial charge in [0.2, 0.25) is 0 Å². The van der Waals surface area contributed by atoms with Crippen LogP contribution in [0, 0.1) is 6.92 Å². The van der Waals surface area contributed by atoms with Gasteiger partial charge in [0.05, 0.1) is 29.7 Å². The molecule has 1 unspecified atom stereocenters. The summed E-state index contributed by atoms with van der Waals surface area (Å²) in [6.07, 6.45) is 3.76. The van der Waals surface area contributed by atoms with E-state index in [1.54, 1.807) is 0 Å². The normalized spacial score (nSPS) is 12.6. The van der Waals surface area contributed by atoms with E-state index < -0.39 is 0 Å². The zero-order valence-corrected chi connectivity index (χ0v) is 12.8. The molecule has 102 valence electrons. The fraction of sp³-hybridized carbons (Fsp3) is 0.429. The number of halogens is 1. The molecule has 3 nitrogen and oxygen atoms in total. The van der Waals surface area contributed by atoms with Gasteiger partial charge < -0.3 is 5.32 Å². The molecule has 0 aliphatic rings. The number of aryl methyl sites for hydroxylation is 1. The van der Waals surface area contributed by atoms with Gasteiger partial charge in [0, 0.05) is 5.02 Å². The van der Waals surface area contributed by atoms with Crippen LogP contribution in [0.15, 0.2) is 24.4 Å². The number of nitrogens with zero attached hydrogens (tertiary/aromatic N) is 2. The summed E-state index contributed by atoms with van der Waals surface area (Å²) in [6, 6.07) is 6.38. The van der Waals surface area contributed by atoms with E-state index in [4.69, 9.17) is 11.6 Å². The first kappa shape index (κ1) is 14.4. The summed E-state index contributed by atoms with van der Waals surface area (Å²) in [6.45, 7) is 5.17. The number of benzene rings is 1. The van der Waals surface area contributed by atoms with Gasteiger partial charge in [-0.2, -0.15) is 8.75 Å². The maximum Gasteiger partial charge on any atom is 0.0915 e. The zero-order chi connectivity index (χ0) is 13.7. The van der Waals surface area contributed by atoms with Crippen LogP contribution in [0.5, 0.6) is 0 Å². The summed E-state index contributed by atoms with van der Waals surface area (Å²) in [7, 11) is 0. The third kappa shape index (κ3) is 4.00. The predicted molar refractivity (Wildman–Crippen MR) is 80.8 cm³/mol. The summed E-state index contributed by atoms with van der Waals surface area (Å²) in [5, 5.41) is 4.33. The number of hydrogen-bond acceptors (Lipinski definition) is 4. The molecule has 1 heterocycles. The standard InChI is InChI=1S/C14H18ClN3S/c1-3-6-16-13(14-9-17-19-18-14)8-11-5-4-10(2)7-12(11)15/h4-5,7,9,13,16H,3,6,8H2,1-2H3. The van der Waals surface area contributed by atoms with Gasteiger partial charge in [-0.1, -0.05) is 30.7 Å². The molecular formula is C14H18ClN3S. The molecule has 0 aliphatic heterocycles. The second-order valence-corrected chi connectivity index (χ2v) is 5.60. The first-order valence-corrected chi connectivity index (χ1v) is 7.57. The van der Waals surface area contributed by atoms with Crippen molar-refractivity contribution in [2.24, 2.45) is 0 Å². The minimum absolute atomic E-state index is 0.180. The summed E-state index contributed by atoms with van der Waals surface area (Å²) >= 11 is 7.55. The third-order valence-electron chi connectivity index (χ3n) is 3.01. The van der Waals surface area contributed by atoms with E-state index in [2.05, 4.69) is 33.1 Å². The molecule has 1 aromatic carbocycles. The topological polar surface area (TPSA) is 37.8 Å². The van der Waals surface area contributed by atoms with Crippen molar-refractivity contribution in [1.82, 2.24) is 14.1 Å². The SMILES string of the molecule is CCCNC(Cc1ccc(C)cc1Cl)c1cnsn1. The molecule has 0 saturated carbocycles. The van der Waals surface area contributed by atoms with Crippen molar-refractivity contribution in [1.29, 1.82) is 0 Å². The van der Waals surface area contributed by atoms with E-state index >= 15 is 0 Å². The summed E-state index contributed by atoms with van der Waals surface area (Å²) in [5.41, 5.74) is 3.33. The van der Waals surface area contributed by atoms with Gasteiger partial charge in [-0.05, 0) is 43.5 Å². The molecule has 1 N–H and O–H groups in total. The quantitative estimate of drug-likeness (QED) is 0.881. The molecule has 0 saturated heterocycles. The van der Waals surface area contributed by atoms with Crippen LogP contribution in [-0.2, 0) is 6.42 Å². The van der Waals surface area contributed by atoms with Crippen LogP contribution >= 0.6 is 23.3 Å². The van der Waals surface area contributed by atoms with E-state index in [1.807, 2.05) is 19.2 Å². The fourth-order valence-electron chi connectivity index (χ4n) is 1.96. The van der Waals surface area contributed by atoms with E-state index in [0.717, 1.165) is 35.7 Å². The zero-order valence-electron chi connectivity index (χ0n) is 11.2. The molecular weight excluding hydrogens is 278 g/mol. The van der Waals surface area contributed by atoms with Crippen molar-refractivity contribution in [2.75, 3.05) is 6.54 Å². The van der Waals surface area contributed by atoms with Crippen molar-refractivity contribution in [3.63, 3.8) is 0 Å². The van der Waals surface area contributed by atoms with Crippen molar-refractivity contribution in [3.05, 3.63) is 46.2 Å². The first-order valence-electron chi connectivity index (χ1n) is 6.46. The molecule has 1 atom stereocenters. The lowest BCUT2D eigenvalue weighted by atomic mass is 10.0. The first-order chi connectivity index (χ1) is 9.20. The minimum Gasteiger partial charge on any atom is -0.308 e. The highest BCUT2D eigenvalue weighted by molar-refractivity contribution is 6.99. The van der Waals surface area contributed by atoms with Crippen LogP contribution in [0.4, 0.5) is 0 Å².